The first-order chi connectivity index (χ1) is 11.7. The first kappa shape index (κ1) is 15.9. The molecule has 0 atom stereocenters. The Kier molecular flexibility index (Phi) is 4.96. The van der Waals surface area contributed by atoms with Crippen molar-refractivity contribution in [2.75, 3.05) is 6.54 Å². The van der Waals surface area contributed by atoms with Gasteiger partial charge in [0.2, 0.25) is 5.89 Å². The van der Waals surface area contributed by atoms with Crippen molar-refractivity contribution in [3.63, 3.8) is 0 Å². The number of hydrogen-bond donors (Lipinski definition) is 1. The summed E-state index contributed by atoms with van der Waals surface area (Å²) in [7, 11) is 0. The van der Waals surface area contributed by atoms with Gasteiger partial charge in [0.05, 0.1) is 6.42 Å². The first-order valence-electron chi connectivity index (χ1n) is 7.60. The standard InChI is InChI=1S/C18H16FN3O2/c19-15-9-5-4-8-14(15)10-11-20-17(23)18-22-21-16(24-18)12-13-6-2-1-3-7-13/h1-9H,10-12H2,(H,20,23). The van der Waals surface area contributed by atoms with Crippen LogP contribution in [0.25, 0.3) is 0 Å². The highest BCUT2D eigenvalue weighted by Crippen LogP contribution is 2.09. The van der Waals surface area contributed by atoms with Crippen LogP contribution < -0.4 is 5.32 Å². The second kappa shape index (κ2) is 7.50. The Morgan fingerprint density at radius 3 is 2.58 bits per heavy atom. The summed E-state index contributed by atoms with van der Waals surface area (Å²) in [5.41, 5.74) is 1.57. The fraction of sp³-hybridized carbons (Fsp3) is 0.167. The van der Waals surface area contributed by atoms with Crippen molar-refractivity contribution in [3.8, 4) is 0 Å². The van der Waals surface area contributed by atoms with Gasteiger partial charge < -0.3 is 9.73 Å². The van der Waals surface area contributed by atoms with E-state index in [1.54, 1.807) is 18.2 Å². The van der Waals surface area contributed by atoms with Crippen molar-refractivity contribution in [3.05, 3.63) is 83.3 Å². The second-order valence-corrected chi connectivity index (χ2v) is 5.26. The van der Waals surface area contributed by atoms with E-state index in [4.69, 9.17) is 4.42 Å². The number of carbonyl (C=O) groups is 1. The quantitative estimate of drug-likeness (QED) is 0.757. The van der Waals surface area contributed by atoms with E-state index in [9.17, 15) is 9.18 Å². The molecule has 0 bridgehead atoms. The summed E-state index contributed by atoms with van der Waals surface area (Å²) in [6.07, 6.45) is 0.861. The molecule has 0 spiro atoms. The zero-order valence-corrected chi connectivity index (χ0v) is 12.9. The normalized spacial score (nSPS) is 10.5. The third-order valence-electron chi connectivity index (χ3n) is 3.50. The largest absolute Gasteiger partial charge is 0.417 e. The summed E-state index contributed by atoms with van der Waals surface area (Å²) < 4.78 is 18.9. The summed E-state index contributed by atoms with van der Waals surface area (Å²) >= 11 is 0. The molecule has 1 amide bonds. The highest BCUT2D eigenvalue weighted by molar-refractivity contribution is 5.89. The molecule has 0 unspecified atom stereocenters. The van der Waals surface area contributed by atoms with Crippen molar-refractivity contribution in [1.29, 1.82) is 0 Å². The van der Waals surface area contributed by atoms with Crippen LogP contribution in [0.3, 0.4) is 0 Å². The molecule has 24 heavy (non-hydrogen) atoms. The van der Waals surface area contributed by atoms with E-state index in [-0.39, 0.29) is 18.3 Å². The van der Waals surface area contributed by atoms with Gasteiger partial charge >= 0.3 is 11.8 Å². The Morgan fingerprint density at radius 2 is 1.79 bits per heavy atom. The van der Waals surface area contributed by atoms with Crippen molar-refractivity contribution in [2.24, 2.45) is 0 Å². The number of amides is 1. The molecule has 2 aromatic carbocycles. The van der Waals surface area contributed by atoms with E-state index in [1.165, 1.54) is 6.07 Å². The molecule has 6 heteroatoms. The van der Waals surface area contributed by atoms with Crippen LogP contribution >= 0.6 is 0 Å². The molecular formula is C18H16FN3O2. The monoisotopic (exact) mass is 325 g/mol. The number of rotatable bonds is 6. The van der Waals surface area contributed by atoms with E-state index in [2.05, 4.69) is 15.5 Å². The molecule has 5 nitrogen and oxygen atoms in total. The minimum atomic E-state index is -0.460. The van der Waals surface area contributed by atoms with E-state index >= 15 is 0 Å². The molecule has 3 rings (SSSR count). The fourth-order valence-corrected chi connectivity index (χ4v) is 2.27. The average molecular weight is 325 g/mol. The zero-order chi connectivity index (χ0) is 16.8. The fourth-order valence-electron chi connectivity index (χ4n) is 2.27. The Hall–Kier alpha value is -3.02. The third-order valence-corrected chi connectivity index (χ3v) is 3.50. The lowest BCUT2D eigenvalue weighted by Gasteiger charge is -2.03. The van der Waals surface area contributed by atoms with Crippen molar-refractivity contribution < 1.29 is 13.6 Å². The summed E-state index contributed by atoms with van der Waals surface area (Å²) in [5.74, 6) is -0.456. The van der Waals surface area contributed by atoms with Gasteiger partial charge in [-0.3, -0.25) is 4.79 Å². The van der Waals surface area contributed by atoms with Crippen LogP contribution in [-0.4, -0.2) is 22.6 Å². The SMILES string of the molecule is O=C(NCCc1ccccc1F)c1nnc(Cc2ccccc2)o1. The van der Waals surface area contributed by atoms with Gasteiger partial charge in [-0.25, -0.2) is 4.39 Å². The number of nitrogens with zero attached hydrogens (tertiary/aromatic N) is 2. The summed E-state index contributed by atoms with van der Waals surface area (Å²) in [5, 5.41) is 10.3. The minimum absolute atomic E-state index is 0.0885. The minimum Gasteiger partial charge on any atom is -0.417 e. The summed E-state index contributed by atoms with van der Waals surface area (Å²) in [4.78, 5) is 12.0. The van der Waals surface area contributed by atoms with Crippen molar-refractivity contribution >= 4 is 5.91 Å². The van der Waals surface area contributed by atoms with Gasteiger partial charge in [-0.1, -0.05) is 48.5 Å². The predicted octanol–water partition coefficient (Wildman–Crippen LogP) is 2.77. The molecule has 122 valence electrons. The van der Waals surface area contributed by atoms with E-state index in [0.717, 1.165) is 5.56 Å². The average Bonchev–Trinajstić information content (AvgIpc) is 3.06. The smallest absolute Gasteiger partial charge is 0.308 e. The molecule has 0 aliphatic carbocycles. The van der Waals surface area contributed by atoms with Gasteiger partial charge in [-0.15, -0.1) is 10.2 Å². The molecule has 1 N–H and O–H groups in total. The van der Waals surface area contributed by atoms with E-state index in [1.807, 2.05) is 30.3 Å². The second-order valence-electron chi connectivity index (χ2n) is 5.26. The molecule has 1 heterocycles. The molecular weight excluding hydrogens is 309 g/mol. The van der Waals surface area contributed by atoms with Crippen molar-refractivity contribution in [1.82, 2.24) is 15.5 Å². The van der Waals surface area contributed by atoms with Gasteiger partial charge in [0, 0.05) is 6.54 Å². The molecule has 0 radical (unpaired) electrons. The molecule has 0 saturated carbocycles. The van der Waals surface area contributed by atoms with E-state index in [0.29, 0.717) is 24.3 Å². The summed E-state index contributed by atoms with van der Waals surface area (Å²) in [6.45, 7) is 0.288. The van der Waals surface area contributed by atoms with Gasteiger partial charge in [-0.05, 0) is 23.6 Å². The van der Waals surface area contributed by atoms with Gasteiger partial charge in [0.1, 0.15) is 5.82 Å². The van der Waals surface area contributed by atoms with Crippen LogP contribution in [0.4, 0.5) is 4.39 Å². The Bertz CT molecular complexity index is 818. The number of benzene rings is 2. The molecule has 3 aromatic rings. The van der Waals surface area contributed by atoms with Gasteiger partial charge in [0.15, 0.2) is 0 Å². The zero-order valence-electron chi connectivity index (χ0n) is 12.9. The first-order valence-corrected chi connectivity index (χ1v) is 7.60. The summed E-state index contributed by atoms with van der Waals surface area (Å²) in [6, 6.07) is 16.1. The number of halogens is 1. The Morgan fingerprint density at radius 1 is 1.04 bits per heavy atom. The van der Waals surface area contributed by atoms with Crippen LogP contribution in [-0.2, 0) is 12.8 Å². The van der Waals surface area contributed by atoms with Gasteiger partial charge in [-0.2, -0.15) is 0 Å². The third kappa shape index (κ3) is 4.04. The van der Waals surface area contributed by atoms with Crippen LogP contribution in [0.15, 0.2) is 59.0 Å². The van der Waals surface area contributed by atoms with Crippen molar-refractivity contribution in [2.45, 2.75) is 12.8 Å². The lowest BCUT2D eigenvalue weighted by Crippen LogP contribution is -2.26. The van der Waals surface area contributed by atoms with Crippen LogP contribution in [0.1, 0.15) is 27.7 Å². The Labute approximate surface area is 138 Å². The number of hydrogen-bond acceptors (Lipinski definition) is 4. The molecule has 0 aliphatic heterocycles. The lowest BCUT2D eigenvalue weighted by atomic mass is 10.1. The highest BCUT2D eigenvalue weighted by Gasteiger charge is 2.14. The molecule has 0 aliphatic rings. The highest BCUT2D eigenvalue weighted by atomic mass is 19.1. The van der Waals surface area contributed by atoms with Crippen LogP contribution in [0.2, 0.25) is 0 Å². The number of nitrogens with one attached hydrogen (secondary N) is 1. The molecule has 0 saturated heterocycles. The predicted molar refractivity (Wildman–Crippen MR) is 86.0 cm³/mol. The maximum Gasteiger partial charge on any atom is 0.308 e. The molecule has 0 fully saturated rings. The maximum absolute atomic E-state index is 13.5. The number of carbonyl (C=O) groups excluding carboxylic acids is 1. The molecule has 1 aromatic heterocycles. The van der Waals surface area contributed by atoms with Crippen LogP contribution in [0.5, 0.6) is 0 Å². The van der Waals surface area contributed by atoms with Crippen LogP contribution in [0, 0.1) is 5.82 Å². The topological polar surface area (TPSA) is 68.0 Å². The Balaban J connectivity index is 1.53. The van der Waals surface area contributed by atoms with E-state index < -0.39 is 5.91 Å². The lowest BCUT2D eigenvalue weighted by molar-refractivity contribution is 0.0917. The van der Waals surface area contributed by atoms with Gasteiger partial charge in [0.25, 0.3) is 0 Å². The maximum atomic E-state index is 13.5. The number of aromatic nitrogens is 2.